The third-order valence-electron chi connectivity index (χ3n) is 2.94. The quantitative estimate of drug-likeness (QED) is 0.884. The Kier molecular flexibility index (Phi) is 4.82. The minimum Gasteiger partial charge on any atom is -0.491 e. The van der Waals surface area contributed by atoms with E-state index in [1.165, 1.54) is 0 Å². The van der Waals surface area contributed by atoms with Crippen LogP contribution in [0.25, 0.3) is 0 Å². The number of para-hydroxylation sites is 1. The van der Waals surface area contributed by atoms with Gasteiger partial charge in [0.05, 0.1) is 23.5 Å². The molecule has 4 nitrogen and oxygen atoms in total. The highest BCUT2D eigenvalue weighted by Gasteiger charge is 2.05. The molecule has 0 aliphatic heterocycles. The Hall–Kier alpha value is -1.52. The van der Waals surface area contributed by atoms with Crippen molar-refractivity contribution in [2.24, 2.45) is 0 Å². The lowest BCUT2D eigenvalue weighted by molar-refractivity contribution is 0.287. The molecule has 2 aromatic rings. The first-order valence-corrected chi connectivity index (χ1v) is 6.63. The molecule has 0 saturated heterocycles. The van der Waals surface area contributed by atoms with Crippen molar-refractivity contribution < 1.29 is 4.74 Å². The number of hydrogen-bond acceptors (Lipinski definition) is 3. The minimum absolute atomic E-state index is 0.569. The molecular weight excluding hydrogens is 262 g/mol. The van der Waals surface area contributed by atoms with E-state index >= 15 is 0 Å². The molecule has 0 unspecified atom stereocenters. The summed E-state index contributed by atoms with van der Waals surface area (Å²) in [6, 6.07) is 8.03. The second kappa shape index (κ2) is 6.59. The summed E-state index contributed by atoms with van der Waals surface area (Å²) >= 11 is 5.96. The lowest BCUT2D eigenvalue weighted by atomic mass is 10.2. The Morgan fingerprint density at radius 2 is 2.16 bits per heavy atom. The molecule has 19 heavy (non-hydrogen) atoms. The predicted octanol–water partition coefficient (Wildman–Crippen LogP) is 2.64. The minimum atomic E-state index is 0.569. The maximum Gasteiger partial charge on any atom is 0.123 e. The summed E-state index contributed by atoms with van der Waals surface area (Å²) in [6.07, 6.45) is 1.66. The summed E-state index contributed by atoms with van der Waals surface area (Å²) < 4.78 is 7.66. The van der Waals surface area contributed by atoms with Gasteiger partial charge < -0.3 is 10.1 Å². The first kappa shape index (κ1) is 13.9. The van der Waals surface area contributed by atoms with Gasteiger partial charge in [0.2, 0.25) is 0 Å². The van der Waals surface area contributed by atoms with Gasteiger partial charge in [0.1, 0.15) is 12.4 Å². The van der Waals surface area contributed by atoms with E-state index in [4.69, 9.17) is 16.3 Å². The number of nitrogens with zero attached hydrogens (tertiary/aromatic N) is 2. The van der Waals surface area contributed by atoms with Gasteiger partial charge in [-0.2, -0.15) is 5.10 Å². The Morgan fingerprint density at radius 3 is 2.84 bits per heavy atom. The summed E-state index contributed by atoms with van der Waals surface area (Å²) in [4.78, 5) is 0. The molecule has 1 aromatic carbocycles. The average Bonchev–Trinajstić information content (AvgIpc) is 2.73. The molecule has 0 fully saturated rings. The lowest BCUT2D eigenvalue weighted by Crippen LogP contribution is -2.12. The smallest absolute Gasteiger partial charge is 0.123 e. The Morgan fingerprint density at radius 1 is 1.37 bits per heavy atom. The fourth-order valence-electron chi connectivity index (χ4n) is 1.87. The molecule has 0 saturated carbocycles. The summed E-state index contributed by atoms with van der Waals surface area (Å²) in [5.41, 5.74) is 2.12. The zero-order valence-corrected chi connectivity index (χ0v) is 11.9. The van der Waals surface area contributed by atoms with E-state index in [-0.39, 0.29) is 0 Å². The summed E-state index contributed by atoms with van der Waals surface area (Å²) in [7, 11) is 1.92. The fourth-order valence-corrected chi connectivity index (χ4v) is 2.01. The van der Waals surface area contributed by atoms with Gasteiger partial charge in [-0.25, -0.2) is 0 Å². The van der Waals surface area contributed by atoms with Crippen molar-refractivity contribution in [3.05, 3.63) is 46.7 Å². The van der Waals surface area contributed by atoms with Gasteiger partial charge in [0, 0.05) is 12.1 Å². The number of ether oxygens (including phenoxy) is 1. The summed E-state index contributed by atoms with van der Waals surface area (Å²) in [5, 5.41) is 8.02. The van der Waals surface area contributed by atoms with Crippen LogP contribution < -0.4 is 10.1 Å². The van der Waals surface area contributed by atoms with Gasteiger partial charge in [0.15, 0.2) is 0 Å². The molecule has 1 heterocycles. The SMILES string of the molecule is CNCc1ccccc1OCCn1ncc(Cl)c1C. The second-order valence-electron chi connectivity index (χ2n) is 4.29. The van der Waals surface area contributed by atoms with Crippen LogP contribution in [0.5, 0.6) is 5.75 Å². The van der Waals surface area contributed by atoms with Crippen molar-refractivity contribution in [2.45, 2.75) is 20.0 Å². The van der Waals surface area contributed by atoms with Crippen molar-refractivity contribution in [3.8, 4) is 5.75 Å². The molecule has 0 atom stereocenters. The highest BCUT2D eigenvalue weighted by molar-refractivity contribution is 6.31. The summed E-state index contributed by atoms with van der Waals surface area (Å²) in [6.45, 7) is 4.00. The maximum atomic E-state index is 5.96. The van der Waals surface area contributed by atoms with Crippen LogP contribution in [0.3, 0.4) is 0 Å². The van der Waals surface area contributed by atoms with E-state index in [1.807, 2.05) is 36.9 Å². The van der Waals surface area contributed by atoms with E-state index in [1.54, 1.807) is 6.20 Å². The standard InChI is InChI=1S/C14H18ClN3O/c1-11-13(15)10-17-18(11)7-8-19-14-6-4-3-5-12(14)9-16-2/h3-6,10,16H,7-9H2,1-2H3. The number of benzene rings is 1. The first-order chi connectivity index (χ1) is 9.22. The van der Waals surface area contributed by atoms with Gasteiger partial charge in [-0.3, -0.25) is 4.68 Å². The van der Waals surface area contributed by atoms with E-state index in [2.05, 4.69) is 16.5 Å². The molecule has 0 aliphatic rings. The molecule has 1 N–H and O–H groups in total. The van der Waals surface area contributed by atoms with Crippen LogP contribution >= 0.6 is 11.6 Å². The first-order valence-electron chi connectivity index (χ1n) is 6.25. The number of halogens is 1. The third-order valence-corrected chi connectivity index (χ3v) is 3.31. The van der Waals surface area contributed by atoms with E-state index < -0.39 is 0 Å². The maximum absolute atomic E-state index is 5.96. The van der Waals surface area contributed by atoms with E-state index in [0.717, 1.165) is 23.6 Å². The van der Waals surface area contributed by atoms with Crippen molar-refractivity contribution >= 4 is 11.6 Å². The Bertz CT molecular complexity index is 539. The Balaban J connectivity index is 1.94. The highest BCUT2D eigenvalue weighted by atomic mass is 35.5. The largest absolute Gasteiger partial charge is 0.491 e. The van der Waals surface area contributed by atoms with E-state index in [0.29, 0.717) is 18.2 Å². The molecule has 1 aromatic heterocycles. The van der Waals surface area contributed by atoms with Gasteiger partial charge >= 0.3 is 0 Å². The highest BCUT2D eigenvalue weighted by Crippen LogP contribution is 2.18. The monoisotopic (exact) mass is 279 g/mol. The van der Waals surface area contributed by atoms with Crippen molar-refractivity contribution in [2.75, 3.05) is 13.7 Å². The van der Waals surface area contributed by atoms with E-state index in [9.17, 15) is 0 Å². The van der Waals surface area contributed by atoms with Crippen LogP contribution in [-0.4, -0.2) is 23.4 Å². The van der Waals surface area contributed by atoms with Crippen LogP contribution in [0.2, 0.25) is 5.02 Å². The molecule has 0 spiro atoms. The average molecular weight is 280 g/mol. The molecule has 5 heteroatoms. The molecule has 0 radical (unpaired) electrons. The number of aromatic nitrogens is 2. The zero-order valence-electron chi connectivity index (χ0n) is 11.2. The van der Waals surface area contributed by atoms with Crippen molar-refractivity contribution in [3.63, 3.8) is 0 Å². The van der Waals surface area contributed by atoms with Crippen LogP contribution in [0.4, 0.5) is 0 Å². The zero-order chi connectivity index (χ0) is 13.7. The van der Waals surface area contributed by atoms with Crippen molar-refractivity contribution in [1.82, 2.24) is 15.1 Å². The van der Waals surface area contributed by atoms with Crippen LogP contribution in [-0.2, 0) is 13.1 Å². The van der Waals surface area contributed by atoms with Gasteiger partial charge in [0.25, 0.3) is 0 Å². The lowest BCUT2D eigenvalue weighted by Gasteiger charge is -2.11. The van der Waals surface area contributed by atoms with Crippen LogP contribution in [0.15, 0.2) is 30.5 Å². The second-order valence-corrected chi connectivity index (χ2v) is 4.69. The third kappa shape index (κ3) is 3.49. The van der Waals surface area contributed by atoms with Gasteiger partial charge in [-0.05, 0) is 20.0 Å². The van der Waals surface area contributed by atoms with Crippen LogP contribution in [0.1, 0.15) is 11.3 Å². The summed E-state index contributed by atoms with van der Waals surface area (Å²) in [5.74, 6) is 0.910. The van der Waals surface area contributed by atoms with Gasteiger partial charge in [-0.15, -0.1) is 0 Å². The van der Waals surface area contributed by atoms with Crippen LogP contribution in [0, 0.1) is 6.92 Å². The molecule has 0 bridgehead atoms. The molecular formula is C14H18ClN3O. The topological polar surface area (TPSA) is 39.1 Å². The Labute approximate surface area is 118 Å². The number of rotatable bonds is 6. The molecule has 2 rings (SSSR count). The number of hydrogen-bond donors (Lipinski definition) is 1. The molecule has 0 amide bonds. The van der Waals surface area contributed by atoms with Crippen molar-refractivity contribution in [1.29, 1.82) is 0 Å². The normalized spacial score (nSPS) is 10.7. The molecule has 102 valence electrons. The fraction of sp³-hybridized carbons (Fsp3) is 0.357. The van der Waals surface area contributed by atoms with Gasteiger partial charge in [-0.1, -0.05) is 29.8 Å². The number of nitrogens with one attached hydrogen (secondary N) is 1. The predicted molar refractivity (Wildman–Crippen MR) is 76.7 cm³/mol. The molecule has 0 aliphatic carbocycles.